The van der Waals surface area contributed by atoms with Gasteiger partial charge in [-0.3, -0.25) is 4.79 Å². The number of rotatable bonds is 5. The van der Waals surface area contributed by atoms with Crippen LogP contribution in [-0.2, 0) is 9.53 Å². The van der Waals surface area contributed by atoms with E-state index in [0.29, 0.717) is 6.54 Å². The van der Waals surface area contributed by atoms with Crippen LogP contribution in [0.3, 0.4) is 0 Å². The SMILES string of the molecule is C=C(Br)CNC(=O)C(OC)c1ccccc1. The molecule has 1 unspecified atom stereocenters. The molecule has 0 radical (unpaired) electrons. The molecule has 0 saturated carbocycles. The molecule has 1 atom stereocenters. The molecule has 1 amide bonds. The Morgan fingerprint density at radius 1 is 1.50 bits per heavy atom. The fourth-order valence-corrected chi connectivity index (χ4v) is 1.44. The Bertz CT molecular complexity index is 365. The molecule has 1 aromatic carbocycles. The van der Waals surface area contributed by atoms with Crippen LogP contribution in [0.15, 0.2) is 41.4 Å². The van der Waals surface area contributed by atoms with Crippen molar-refractivity contribution in [2.45, 2.75) is 6.10 Å². The molecule has 0 saturated heterocycles. The summed E-state index contributed by atoms with van der Waals surface area (Å²) >= 11 is 3.18. The second-order valence-electron chi connectivity index (χ2n) is 3.26. The smallest absolute Gasteiger partial charge is 0.254 e. The Hall–Kier alpha value is -1.13. The molecule has 4 heteroatoms. The van der Waals surface area contributed by atoms with Crippen LogP contribution in [-0.4, -0.2) is 19.6 Å². The quantitative estimate of drug-likeness (QED) is 0.901. The highest BCUT2D eigenvalue weighted by Gasteiger charge is 2.18. The van der Waals surface area contributed by atoms with Crippen LogP contribution in [0.2, 0.25) is 0 Å². The summed E-state index contributed by atoms with van der Waals surface area (Å²) in [6.45, 7) is 4.04. The first-order chi connectivity index (χ1) is 7.65. The number of carbonyl (C=O) groups excluding carboxylic acids is 1. The van der Waals surface area contributed by atoms with Crippen molar-refractivity contribution < 1.29 is 9.53 Å². The number of halogens is 1. The molecule has 0 fully saturated rings. The number of hydrogen-bond acceptors (Lipinski definition) is 2. The Morgan fingerprint density at radius 2 is 2.12 bits per heavy atom. The maximum Gasteiger partial charge on any atom is 0.254 e. The van der Waals surface area contributed by atoms with Crippen molar-refractivity contribution in [2.24, 2.45) is 0 Å². The number of nitrogens with one attached hydrogen (secondary N) is 1. The molecule has 16 heavy (non-hydrogen) atoms. The second kappa shape index (κ2) is 6.45. The number of carbonyl (C=O) groups is 1. The van der Waals surface area contributed by atoms with E-state index in [2.05, 4.69) is 27.8 Å². The molecule has 0 aliphatic heterocycles. The molecule has 0 spiro atoms. The van der Waals surface area contributed by atoms with Crippen LogP contribution in [0.1, 0.15) is 11.7 Å². The van der Waals surface area contributed by atoms with Gasteiger partial charge in [-0.25, -0.2) is 0 Å². The minimum absolute atomic E-state index is 0.172. The number of ether oxygens (including phenoxy) is 1. The van der Waals surface area contributed by atoms with Gasteiger partial charge in [0, 0.05) is 18.1 Å². The molecule has 1 rings (SSSR count). The Kier molecular flexibility index (Phi) is 5.22. The highest BCUT2D eigenvalue weighted by Crippen LogP contribution is 2.16. The van der Waals surface area contributed by atoms with Crippen molar-refractivity contribution in [3.63, 3.8) is 0 Å². The number of methoxy groups -OCH3 is 1. The summed E-state index contributed by atoms with van der Waals surface area (Å²) in [6, 6.07) is 9.36. The van der Waals surface area contributed by atoms with Crippen LogP contribution in [0.5, 0.6) is 0 Å². The molecule has 3 nitrogen and oxygen atoms in total. The van der Waals surface area contributed by atoms with E-state index in [4.69, 9.17) is 4.74 Å². The minimum atomic E-state index is -0.576. The molecule has 86 valence electrons. The summed E-state index contributed by atoms with van der Waals surface area (Å²) in [5.41, 5.74) is 0.836. The van der Waals surface area contributed by atoms with Crippen molar-refractivity contribution in [2.75, 3.05) is 13.7 Å². The maximum absolute atomic E-state index is 11.8. The summed E-state index contributed by atoms with van der Waals surface area (Å²) in [5, 5.41) is 2.72. The van der Waals surface area contributed by atoms with Crippen molar-refractivity contribution in [1.82, 2.24) is 5.32 Å². The first-order valence-electron chi connectivity index (χ1n) is 4.84. The molecular weight excluding hydrogens is 270 g/mol. The standard InChI is InChI=1S/C12H14BrNO2/c1-9(13)8-14-12(15)11(16-2)10-6-4-3-5-7-10/h3-7,11H,1,8H2,2H3,(H,14,15). The fraction of sp³-hybridized carbons (Fsp3) is 0.250. The summed E-state index contributed by atoms with van der Waals surface area (Å²) in [5.74, 6) is -0.172. The first-order valence-corrected chi connectivity index (χ1v) is 5.63. The van der Waals surface area contributed by atoms with Gasteiger partial charge in [-0.05, 0) is 5.56 Å². The molecule has 0 aliphatic rings. The van der Waals surface area contributed by atoms with Crippen LogP contribution in [0.4, 0.5) is 0 Å². The highest BCUT2D eigenvalue weighted by atomic mass is 79.9. The zero-order chi connectivity index (χ0) is 12.0. The van der Waals surface area contributed by atoms with E-state index in [1.165, 1.54) is 7.11 Å². The second-order valence-corrected chi connectivity index (χ2v) is 4.38. The first kappa shape index (κ1) is 12.9. The lowest BCUT2D eigenvalue weighted by molar-refractivity contribution is -0.131. The van der Waals surface area contributed by atoms with E-state index in [-0.39, 0.29) is 5.91 Å². The largest absolute Gasteiger partial charge is 0.367 e. The lowest BCUT2D eigenvalue weighted by Crippen LogP contribution is -2.31. The molecule has 0 aromatic heterocycles. The zero-order valence-electron chi connectivity index (χ0n) is 9.07. The van der Waals surface area contributed by atoms with Gasteiger partial charge in [-0.2, -0.15) is 0 Å². The summed E-state index contributed by atoms with van der Waals surface area (Å²) in [4.78, 5) is 11.8. The predicted molar refractivity (Wildman–Crippen MR) is 67.3 cm³/mol. The van der Waals surface area contributed by atoms with E-state index in [1.54, 1.807) is 0 Å². The van der Waals surface area contributed by atoms with Gasteiger partial charge in [0.25, 0.3) is 5.91 Å². The third-order valence-electron chi connectivity index (χ3n) is 2.03. The van der Waals surface area contributed by atoms with Crippen molar-refractivity contribution in [3.05, 3.63) is 47.0 Å². The van der Waals surface area contributed by atoms with E-state index < -0.39 is 6.10 Å². The van der Waals surface area contributed by atoms with E-state index in [9.17, 15) is 4.79 Å². The fourth-order valence-electron chi connectivity index (χ4n) is 1.30. The van der Waals surface area contributed by atoms with Crippen LogP contribution < -0.4 is 5.32 Å². The number of benzene rings is 1. The third kappa shape index (κ3) is 3.79. The normalized spacial score (nSPS) is 11.9. The average molecular weight is 284 g/mol. The van der Waals surface area contributed by atoms with Gasteiger partial charge in [-0.1, -0.05) is 52.8 Å². The molecule has 1 N–H and O–H groups in total. The van der Waals surface area contributed by atoms with Crippen LogP contribution in [0, 0.1) is 0 Å². The van der Waals surface area contributed by atoms with Crippen molar-refractivity contribution in [3.8, 4) is 0 Å². The Balaban J connectivity index is 2.68. The Morgan fingerprint density at radius 3 is 2.62 bits per heavy atom. The van der Waals surface area contributed by atoms with E-state index >= 15 is 0 Å². The lowest BCUT2D eigenvalue weighted by atomic mass is 10.1. The topological polar surface area (TPSA) is 38.3 Å². The Labute approximate surface area is 104 Å². The maximum atomic E-state index is 11.8. The molecule has 0 bridgehead atoms. The van der Waals surface area contributed by atoms with Crippen molar-refractivity contribution in [1.29, 1.82) is 0 Å². The zero-order valence-corrected chi connectivity index (χ0v) is 10.7. The number of amides is 1. The van der Waals surface area contributed by atoms with Gasteiger partial charge in [0.15, 0.2) is 6.10 Å². The van der Waals surface area contributed by atoms with Crippen LogP contribution >= 0.6 is 15.9 Å². The van der Waals surface area contributed by atoms with Gasteiger partial charge in [0.05, 0.1) is 0 Å². The van der Waals surface area contributed by atoms with Gasteiger partial charge >= 0.3 is 0 Å². The molecule has 1 aromatic rings. The van der Waals surface area contributed by atoms with Gasteiger partial charge in [-0.15, -0.1) is 0 Å². The minimum Gasteiger partial charge on any atom is -0.367 e. The van der Waals surface area contributed by atoms with Gasteiger partial charge < -0.3 is 10.1 Å². The lowest BCUT2D eigenvalue weighted by Gasteiger charge is -2.15. The van der Waals surface area contributed by atoms with Gasteiger partial charge in [0.2, 0.25) is 0 Å². The van der Waals surface area contributed by atoms with Gasteiger partial charge in [0.1, 0.15) is 0 Å². The average Bonchev–Trinajstić information content (AvgIpc) is 2.29. The highest BCUT2D eigenvalue weighted by molar-refractivity contribution is 9.11. The summed E-state index contributed by atoms with van der Waals surface area (Å²) in [7, 11) is 1.51. The number of hydrogen-bond donors (Lipinski definition) is 1. The molecule has 0 aliphatic carbocycles. The van der Waals surface area contributed by atoms with Crippen LogP contribution in [0.25, 0.3) is 0 Å². The molecular formula is C12H14BrNO2. The summed E-state index contributed by atoms with van der Waals surface area (Å²) < 4.78 is 5.90. The van der Waals surface area contributed by atoms with E-state index in [1.807, 2.05) is 30.3 Å². The summed E-state index contributed by atoms with van der Waals surface area (Å²) in [6.07, 6.45) is -0.576. The molecule has 0 heterocycles. The van der Waals surface area contributed by atoms with E-state index in [0.717, 1.165) is 10.0 Å². The third-order valence-corrected chi connectivity index (χ3v) is 2.31. The monoisotopic (exact) mass is 283 g/mol. The predicted octanol–water partition coefficient (Wildman–Crippen LogP) is 2.40. The van der Waals surface area contributed by atoms with Crippen molar-refractivity contribution >= 4 is 21.8 Å².